The van der Waals surface area contributed by atoms with Gasteiger partial charge in [0.15, 0.2) is 17.4 Å². The first-order valence-corrected chi connectivity index (χ1v) is 9.42. The largest absolute Gasteiger partial charge is 0.458 e. The average molecular weight is 380 g/mol. The normalized spacial score (nSPS) is 17.8. The zero-order valence-corrected chi connectivity index (χ0v) is 16.3. The van der Waals surface area contributed by atoms with E-state index < -0.39 is 5.92 Å². The van der Waals surface area contributed by atoms with Crippen LogP contribution in [-0.4, -0.2) is 38.7 Å². The van der Waals surface area contributed by atoms with Crippen molar-refractivity contribution in [3.05, 3.63) is 47.1 Å². The van der Waals surface area contributed by atoms with E-state index in [0.717, 1.165) is 36.7 Å². The third kappa shape index (κ3) is 3.43. The Bertz CT molecular complexity index is 1020. The molecule has 2 unspecified atom stereocenters. The molecule has 28 heavy (non-hydrogen) atoms. The summed E-state index contributed by atoms with van der Waals surface area (Å²) < 4.78 is 7.49. The highest BCUT2D eigenvalue weighted by atomic mass is 16.3. The van der Waals surface area contributed by atoms with Crippen LogP contribution < -0.4 is 11.1 Å². The molecule has 1 aliphatic rings. The standard InChI is InChI=1S/C20H24N6O2/c1-11-8-12(2)26(25-11)17-9-15(18(19(21)27)14-6-7-22-10-14)23-20(24-17)16-5-4-13(3)28-16/h4-5,8-9,14,18,22H,6-7,10H2,1-3H3,(H2,21,27). The zero-order chi connectivity index (χ0) is 19.8. The Morgan fingerprint density at radius 1 is 1.29 bits per heavy atom. The van der Waals surface area contributed by atoms with Crippen LogP contribution in [0, 0.1) is 26.7 Å². The van der Waals surface area contributed by atoms with Crippen LogP contribution in [0.5, 0.6) is 0 Å². The third-order valence-corrected chi connectivity index (χ3v) is 5.11. The van der Waals surface area contributed by atoms with Crippen molar-refractivity contribution in [2.75, 3.05) is 13.1 Å². The molecule has 1 aliphatic heterocycles. The number of hydrogen-bond donors (Lipinski definition) is 2. The fourth-order valence-corrected chi connectivity index (χ4v) is 3.83. The van der Waals surface area contributed by atoms with Gasteiger partial charge in [-0.15, -0.1) is 0 Å². The van der Waals surface area contributed by atoms with Gasteiger partial charge in [0.1, 0.15) is 5.76 Å². The molecule has 0 saturated carbocycles. The van der Waals surface area contributed by atoms with Crippen molar-refractivity contribution in [3.63, 3.8) is 0 Å². The number of nitrogens with zero attached hydrogens (tertiary/aromatic N) is 4. The first-order valence-electron chi connectivity index (χ1n) is 9.42. The maximum Gasteiger partial charge on any atom is 0.226 e. The van der Waals surface area contributed by atoms with Gasteiger partial charge >= 0.3 is 0 Å². The molecule has 0 aliphatic carbocycles. The van der Waals surface area contributed by atoms with Crippen molar-refractivity contribution >= 4 is 5.91 Å². The van der Waals surface area contributed by atoms with E-state index in [9.17, 15) is 4.79 Å². The van der Waals surface area contributed by atoms with Crippen molar-refractivity contribution in [2.24, 2.45) is 11.7 Å². The monoisotopic (exact) mass is 380 g/mol. The molecule has 8 heteroatoms. The van der Waals surface area contributed by atoms with Gasteiger partial charge in [0.2, 0.25) is 5.91 Å². The second kappa shape index (κ2) is 7.20. The zero-order valence-electron chi connectivity index (χ0n) is 16.3. The van der Waals surface area contributed by atoms with Gasteiger partial charge in [-0.1, -0.05) is 0 Å². The van der Waals surface area contributed by atoms with Gasteiger partial charge in [-0.05, 0) is 64.4 Å². The van der Waals surface area contributed by atoms with Gasteiger partial charge in [0, 0.05) is 11.8 Å². The van der Waals surface area contributed by atoms with Gasteiger partial charge in [0.25, 0.3) is 0 Å². The minimum atomic E-state index is -0.497. The van der Waals surface area contributed by atoms with Gasteiger partial charge in [-0.3, -0.25) is 4.79 Å². The second-order valence-electron chi connectivity index (χ2n) is 7.36. The van der Waals surface area contributed by atoms with E-state index >= 15 is 0 Å². The minimum absolute atomic E-state index is 0.104. The summed E-state index contributed by atoms with van der Waals surface area (Å²) in [5.41, 5.74) is 8.23. The molecule has 0 bridgehead atoms. The number of nitrogens with two attached hydrogens (primary N) is 1. The number of aromatic nitrogens is 4. The number of carbonyl (C=O) groups excluding carboxylic acids is 1. The lowest BCUT2D eigenvalue weighted by Gasteiger charge is -2.20. The Kier molecular flexibility index (Phi) is 4.72. The number of amides is 1. The Morgan fingerprint density at radius 2 is 2.11 bits per heavy atom. The van der Waals surface area contributed by atoms with Crippen molar-refractivity contribution < 1.29 is 9.21 Å². The van der Waals surface area contributed by atoms with Gasteiger partial charge in [-0.25, -0.2) is 14.6 Å². The number of hydrogen-bond acceptors (Lipinski definition) is 6. The Labute approximate surface area is 163 Å². The van der Waals surface area contributed by atoms with Crippen LogP contribution in [-0.2, 0) is 4.79 Å². The van der Waals surface area contributed by atoms with E-state index in [0.29, 0.717) is 23.1 Å². The Hall–Kier alpha value is -3.00. The molecule has 3 N–H and O–H groups in total. The SMILES string of the molecule is Cc1cc(C)n(-c2cc(C(C(N)=O)C3CCNC3)nc(-c3ccc(C)o3)n2)n1. The quantitative estimate of drug-likeness (QED) is 0.700. The lowest BCUT2D eigenvalue weighted by molar-refractivity contribution is -0.120. The third-order valence-electron chi connectivity index (χ3n) is 5.11. The molecular formula is C20H24N6O2. The molecule has 4 heterocycles. The molecule has 0 aromatic carbocycles. The van der Waals surface area contributed by atoms with Crippen molar-refractivity contribution in [1.82, 2.24) is 25.1 Å². The van der Waals surface area contributed by atoms with E-state index in [2.05, 4.69) is 20.4 Å². The van der Waals surface area contributed by atoms with Crippen LogP contribution in [0.15, 0.2) is 28.7 Å². The molecule has 146 valence electrons. The highest BCUT2D eigenvalue weighted by molar-refractivity contribution is 5.82. The predicted molar refractivity (Wildman–Crippen MR) is 104 cm³/mol. The van der Waals surface area contributed by atoms with Crippen molar-refractivity contribution in [3.8, 4) is 17.4 Å². The summed E-state index contributed by atoms with van der Waals surface area (Å²) in [6.45, 7) is 7.37. The maximum atomic E-state index is 12.3. The summed E-state index contributed by atoms with van der Waals surface area (Å²) in [5.74, 6) is 1.56. The molecule has 0 radical (unpaired) electrons. The maximum absolute atomic E-state index is 12.3. The molecule has 4 rings (SSSR count). The van der Waals surface area contributed by atoms with Crippen molar-refractivity contribution in [1.29, 1.82) is 0 Å². The van der Waals surface area contributed by atoms with Gasteiger partial charge in [-0.2, -0.15) is 5.10 Å². The minimum Gasteiger partial charge on any atom is -0.458 e. The Morgan fingerprint density at radius 3 is 2.68 bits per heavy atom. The van der Waals surface area contributed by atoms with E-state index in [1.807, 2.05) is 45.0 Å². The first-order chi connectivity index (χ1) is 13.4. The molecule has 3 aromatic heterocycles. The van der Waals surface area contributed by atoms with Gasteiger partial charge in [0.05, 0.1) is 17.3 Å². The smallest absolute Gasteiger partial charge is 0.226 e. The number of carbonyl (C=O) groups is 1. The van der Waals surface area contributed by atoms with Crippen molar-refractivity contribution in [2.45, 2.75) is 33.1 Å². The molecule has 8 nitrogen and oxygen atoms in total. The fraction of sp³-hybridized carbons (Fsp3) is 0.400. The number of rotatable bonds is 5. The first kappa shape index (κ1) is 18.4. The number of aryl methyl sites for hydroxylation is 3. The number of furan rings is 1. The van der Waals surface area contributed by atoms with Gasteiger partial charge < -0.3 is 15.5 Å². The highest BCUT2D eigenvalue weighted by Crippen LogP contribution is 2.31. The topological polar surface area (TPSA) is 112 Å². The van der Waals surface area contributed by atoms with Crippen LogP contribution in [0.1, 0.15) is 35.2 Å². The molecular weight excluding hydrogens is 356 g/mol. The summed E-state index contributed by atoms with van der Waals surface area (Å²) >= 11 is 0. The summed E-state index contributed by atoms with van der Waals surface area (Å²) in [7, 11) is 0. The van der Waals surface area contributed by atoms with Crippen LogP contribution in [0.4, 0.5) is 0 Å². The predicted octanol–water partition coefficient (Wildman–Crippen LogP) is 2.03. The molecule has 2 atom stereocenters. The molecule has 1 amide bonds. The van der Waals surface area contributed by atoms with Crippen LogP contribution >= 0.6 is 0 Å². The van der Waals surface area contributed by atoms with Crippen LogP contribution in [0.25, 0.3) is 17.4 Å². The number of nitrogens with one attached hydrogen (secondary N) is 1. The molecule has 3 aromatic rings. The molecule has 1 fully saturated rings. The molecule has 0 spiro atoms. The van der Waals surface area contributed by atoms with Crippen LogP contribution in [0.3, 0.4) is 0 Å². The lowest BCUT2D eigenvalue weighted by atomic mass is 9.88. The Balaban J connectivity index is 1.88. The van der Waals surface area contributed by atoms with E-state index in [4.69, 9.17) is 10.2 Å². The average Bonchev–Trinajstić information content (AvgIpc) is 3.37. The summed E-state index contributed by atoms with van der Waals surface area (Å²) in [6, 6.07) is 7.48. The van der Waals surface area contributed by atoms with E-state index in [1.165, 1.54) is 0 Å². The highest BCUT2D eigenvalue weighted by Gasteiger charge is 2.33. The summed E-state index contributed by atoms with van der Waals surface area (Å²) in [5, 5.41) is 7.83. The van der Waals surface area contributed by atoms with Crippen LogP contribution in [0.2, 0.25) is 0 Å². The van der Waals surface area contributed by atoms with E-state index in [1.54, 1.807) is 4.68 Å². The fourth-order valence-electron chi connectivity index (χ4n) is 3.83. The second-order valence-corrected chi connectivity index (χ2v) is 7.36. The van der Waals surface area contributed by atoms with E-state index in [-0.39, 0.29) is 11.8 Å². The summed E-state index contributed by atoms with van der Waals surface area (Å²) in [6.07, 6.45) is 0.877. The number of primary amides is 1. The lowest BCUT2D eigenvalue weighted by Crippen LogP contribution is -2.30. The molecule has 1 saturated heterocycles. The summed E-state index contributed by atoms with van der Waals surface area (Å²) in [4.78, 5) is 21.7.